The van der Waals surface area contributed by atoms with Gasteiger partial charge in [0, 0.05) is 7.05 Å². The summed E-state index contributed by atoms with van der Waals surface area (Å²) in [5, 5.41) is 18.0. The molecule has 7 nitrogen and oxygen atoms in total. The molecule has 0 bridgehead atoms. The zero-order valence-corrected chi connectivity index (χ0v) is 11.9. The molecule has 0 aliphatic carbocycles. The molecular weight excluding hydrogens is 274 g/mol. The van der Waals surface area contributed by atoms with E-state index in [1.165, 1.54) is 14.0 Å². The summed E-state index contributed by atoms with van der Waals surface area (Å²) in [5.74, 6) is 0. The minimum Gasteiger partial charge on any atom is -0.444 e. The monoisotopic (exact) mass is 291 g/mol. The third-order valence-electron chi connectivity index (χ3n) is 2.54. The molecule has 0 heterocycles. The SMILES string of the molecule is CC(O)CN(C(=O)OCc1ccccc1)C(=O)N(C)C#N. The van der Waals surface area contributed by atoms with Crippen LogP contribution in [0.1, 0.15) is 12.5 Å². The van der Waals surface area contributed by atoms with Crippen molar-refractivity contribution in [1.29, 1.82) is 5.26 Å². The summed E-state index contributed by atoms with van der Waals surface area (Å²) in [7, 11) is 1.22. The molecule has 0 fully saturated rings. The summed E-state index contributed by atoms with van der Waals surface area (Å²) in [4.78, 5) is 25.2. The number of carbonyl (C=O) groups excluding carboxylic acids is 2. The van der Waals surface area contributed by atoms with Gasteiger partial charge in [-0.3, -0.25) is 0 Å². The van der Waals surface area contributed by atoms with Crippen molar-refractivity contribution in [3.05, 3.63) is 35.9 Å². The van der Waals surface area contributed by atoms with Gasteiger partial charge in [-0.2, -0.15) is 5.26 Å². The minimum atomic E-state index is -0.926. The molecule has 1 aromatic carbocycles. The second kappa shape index (κ2) is 7.87. The van der Waals surface area contributed by atoms with Gasteiger partial charge in [0.1, 0.15) is 6.61 Å². The molecule has 1 unspecified atom stereocenters. The lowest BCUT2D eigenvalue weighted by Gasteiger charge is -2.23. The number of nitriles is 1. The standard InChI is InChI=1S/C14H17N3O4/c1-11(18)8-17(13(19)16(2)10-15)14(20)21-9-12-6-4-3-5-7-12/h3-7,11,18H,8-9H2,1-2H3. The highest BCUT2D eigenvalue weighted by Gasteiger charge is 2.27. The van der Waals surface area contributed by atoms with E-state index in [0.717, 1.165) is 5.56 Å². The highest BCUT2D eigenvalue weighted by molar-refractivity contribution is 5.91. The van der Waals surface area contributed by atoms with Crippen LogP contribution in [-0.4, -0.2) is 46.7 Å². The number of nitrogens with zero attached hydrogens (tertiary/aromatic N) is 3. The number of benzene rings is 1. The number of aliphatic hydroxyl groups is 1. The Balaban J connectivity index is 2.72. The van der Waals surface area contributed by atoms with Crippen LogP contribution in [0.2, 0.25) is 0 Å². The van der Waals surface area contributed by atoms with Crippen LogP contribution in [0.25, 0.3) is 0 Å². The summed E-state index contributed by atoms with van der Waals surface area (Å²) in [5.41, 5.74) is 0.768. The quantitative estimate of drug-likeness (QED) is 0.670. The Hall–Kier alpha value is -2.59. The predicted molar refractivity (Wildman–Crippen MR) is 73.8 cm³/mol. The van der Waals surface area contributed by atoms with Gasteiger partial charge < -0.3 is 9.84 Å². The Morgan fingerprint density at radius 1 is 1.38 bits per heavy atom. The molecule has 21 heavy (non-hydrogen) atoms. The van der Waals surface area contributed by atoms with Gasteiger partial charge in [0.2, 0.25) is 0 Å². The molecule has 0 aliphatic rings. The molecule has 0 aromatic heterocycles. The number of amides is 3. The largest absolute Gasteiger partial charge is 0.444 e. The maximum atomic E-state index is 11.9. The molecule has 1 aromatic rings. The maximum Gasteiger partial charge on any atom is 0.418 e. The van der Waals surface area contributed by atoms with E-state index in [4.69, 9.17) is 10.00 Å². The number of urea groups is 1. The molecule has 1 atom stereocenters. The Labute approximate surface area is 122 Å². The van der Waals surface area contributed by atoms with E-state index in [2.05, 4.69) is 0 Å². The number of rotatable bonds is 4. The number of hydrogen-bond donors (Lipinski definition) is 1. The smallest absolute Gasteiger partial charge is 0.418 e. The van der Waals surface area contributed by atoms with Gasteiger partial charge in [0.05, 0.1) is 12.6 Å². The third-order valence-corrected chi connectivity index (χ3v) is 2.54. The number of aliphatic hydroxyl groups excluding tert-OH is 1. The minimum absolute atomic E-state index is 0.000466. The van der Waals surface area contributed by atoms with Gasteiger partial charge in [0.15, 0.2) is 6.19 Å². The summed E-state index contributed by atoms with van der Waals surface area (Å²) in [6, 6.07) is 8.12. The number of ether oxygens (including phenoxy) is 1. The lowest BCUT2D eigenvalue weighted by molar-refractivity contribution is 0.0793. The third kappa shape index (κ3) is 5.12. The molecule has 0 aliphatic heterocycles. The fourth-order valence-electron chi connectivity index (χ4n) is 1.52. The van der Waals surface area contributed by atoms with Gasteiger partial charge in [-0.15, -0.1) is 0 Å². The van der Waals surface area contributed by atoms with Gasteiger partial charge >= 0.3 is 12.1 Å². The predicted octanol–water partition coefficient (Wildman–Crippen LogP) is 1.54. The number of carbonyl (C=O) groups is 2. The van der Waals surface area contributed by atoms with Crippen LogP contribution in [0.5, 0.6) is 0 Å². The number of imide groups is 1. The first-order valence-electron chi connectivity index (χ1n) is 6.29. The van der Waals surface area contributed by atoms with E-state index in [9.17, 15) is 14.7 Å². The molecular formula is C14H17N3O4. The van der Waals surface area contributed by atoms with E-state index in [-0.39, 0.29) is 13.2 Å². The Morgan fingerprint density at radius 3 is 2.52 bits per heavy atom. The Bertz CT molecular complexity index is 525. The van der Waals surface area contributed by atoms with Crippen molar-refractivity contribution in [3.8, 4) is 6.19 Å². The lowest BCUT2D eigenvalue weighted by Crippen LogP contribution is -2.46. The Kier molecular flexibility index (Phi) is 6.17. The van der Waals surface area contributed by atoms with Crippen LogP contribution in [-0.2, 0) is 11.3 Å². The highest BCUT2D eigenvalue weighted by Crippen LogP contribution is 2.06. The molecule has 0 saturated heterocycles. The molecule has 0 radical (unpaired) electrons. The molecule has 7 heteroatoms. The number of hydrogen-bond acceptors (Lipinski definition) is 5. The normalized spacial score (nSPS) is 11.1. The van der Waals surface area contributed by atoms with Crippen molar-refractivity contribution in [2.75, 3.05) is 13.6 Å². The van der Waals surface area contributed by atoms with E-state index >= 15 is 0 Å². The fraction of sp³-hybridized carbons (Fsp3) is 0.357. The van der Waals surface area contributed by atoms with E-state index < -0.39 is 18.2 Å². The van der Waals surface area contributed by atoms with Crippen molar-refractivity contribution >= 4 is 12.1 Å². The van der Waals surface area contributed by atoms with Crippen molar-refractivity contribution in [2.24, 2.45) is 0 Å². The zero-order valence-electron chi connectivity index (χ0n) is 11.9. The van der Waals surface area contributed by atoms with Gasteiger partial charge in [-0.1, -0.05) is 30.3 Å². The van der Waals surface area contributed by atoms with Crippen molar-refractivity contribution in [2.45, 2.75) is 19.6 Å². The van der Waals surface area contributed by atoms with Gasteiger partial charge in [-0.25, -0.2) is 19.4 Å². The van der Waals surface area contributed by atoms with Crippen molar-refractivity contribution in [3.63, 3.8) is 0 Å². The van der Waals surface area contributed by atoms with Crippen LogP contribution in [0, 0.1) is 11.5 Å². The topological polar surface area (TPSA) is 93.9 Å². The van der Waals surface area contributed by atoms with Gasteiger partial charge in [-0.05, 0) is 12.5 Å². The second-order valence-electron chi connectivity index (χ2n) is 4.44. The molecule has 0 spiro atoms. The van der Waals surface area contributed by atoms with Crippen LogP contribution < -0.4 is 0 Å². The molecule has 1 N–H and O–H groups in total. The summed E-state index contributed by atoms with van der Waals surface area (Å²) >= 11 is 0. The maximum absolute atomic E-state index is 11.9. The summed E-state index contributed by atoms with van der Waals surface area (Å²) in [6.45, 7) is 1.18. The second-order valence-corrected chi connectivity index (χ2v) is 4.44. The molecule has 1 rings (SSSR count). The molecule has 112 valence electrons. The van der Waals surface area contributed by atoms with Crippen LogP contribution in [0.4, 0.5) is 9.59 Å². The van der Waals surface area contributed by atoms with Crippen LogP contribution in [0.3, 0.4) is 0 Å². The van der Waals surface area contributed by atoms with E-state index in [0.29, 0.717) is 9.80 Å². The average molecular weight is 291 g/mol. The first-order chi connectivity index (χ1) is 9.95. The van der Waals surface area contributed by atoms with E-state index in [1.807, 2.05) is 6.07 Å². The zero-order chi connectivity index (χ0) is 15.8. The first kappa shape index (κ1) is 16.5. The summed E-state index contributed by atoms with van der Waals surface area (Å²) < 4.78 is 5.03. The average Bonchev–Trinajstić information content (AvgIpc) is 2.49. The van der Waals surface area contributed by atoms with Crippen molar-refractivity contribution in [1.82, 2.24) is 9.80 Å². The summed E-state index contributed by atoms with van der Waals surface area (Å²) in [6.07, 6.45) is -0.236. The van der Waals surface area contributed by atoms with E-state index in [1.54, 1.807) is 30.5 Å². The van der Waals surface area contributed by atoms with Crippen LogP contribution >= 0.6 is 0 Å². The molecule has 0 saturated carbocycles. The lowest BCUT2D eigenvalue weighted by atomic mass is 10.2. The first-order valence-corrected chi connectivity index (χ1v) is 6.29. The van der Waals surface area contributed by atoms with Crippen molar-refractivity contribution < 1.29 is 19.4 Å². The van der Waals surface area contributed by atoms with Gasteiger partial charge in [0.25, 0.3) is 0 Å². The fourth-order valence-corrected chi connectivity index (χ4v) is 1.52. The highest BCUT2D eigenvalue weighted by atomic mass is 16.6. The Morgan fingerprint density at radius 2 is 2.00 bits per heavy atom. The van der Waals surface area contributed by atoms with Crippen LogP contribution in [0.15, 0.2) is 30.3 Å². The molecule has 3 amide bonds.